The van der Waals surface area contributed by atoms with E-state index in [1.54, 1.807) is 4.31 Å². The summed E-state index contributed by atoms with van der Waals surface area (Å²) in [7, 11) is 0.491. The van der Waals surface area contributed by atoms with Crippen LogP contribution in [0.15, 0.2) is 0 Å². The first-order valence-electron chi connectivity index (χ1n) is 9.09. The molecule has 7 nitrogen and oxygen atoms in total. The smallest absolute Gasteiger partial charge is 0.281 e. The molecule has 1 N–H and O–H groups in total. The molecule has 0 bridgehead atoms. The van der Waals surface area contributed by atoms with Gasteiger partial charge < -0.3 is 10.2 Å². The number of likely N-dealkylation sites (N-methyl/N-ethyl adjacent to an activating group) is 1. The number of hydrogen-bond acceptors (Lipinski definition) is 4. The van der Waals surface area contributed by atoms with Crippen molar-refractivity contribution in [1.82, 2.24) is 18.8 Å². The standard InChI is InChI=1S/C16H32N4O3S/c1-18(2)13-9-17-16(21)15-8-7-12-20(14-15)24(22,23)19-10-5-3-4-6-11-19/h15H,3-14H2,1-2H3,(H,17,21). The maximum absolute atomic E-state index is 12.9. The van der Waals surface area contributed by atoms with Crippen molar-refractivity contribution in [2.75, 3.05) is 53.4 Å². The normalized spacial score (nSPS) is 24.7. The van der Waals surface area contributed by atoms with Crippen molar-refractivity contribution in [3.8, 4) is 0 Å². The fraction of sp³-hybridized carbons (Fsp3) is 0.938. The minimum absolute atomic E-state index is 0.0207. The van der Waals surface area contributed by atoms with E-state index in [9.17, 15) is 13.2 Å². The summed E-state index contributed by atoms with van der Waals surface area (Å²) in [6, 6.07) is 0. The molecular weight excluding hydrogens is 328 g/mol. The molecule has 0 saturated carbocycles. The van der Waals surface area contributed by atoms with Gasteiger partial charge >= 0.3 is 0 Å². The van der Waals surface area contributed by atoms with Gasteiger partial charge in [0.15, 0.2) is 0 Å². The molecule has 8 heteroatoms. The summed E-state index contributed by atoms with van der Waals surface area (Å²) in [5.74, 6) is -0.254. The van der Waals surface area contributed by atoms with Crippen LogP contribution in [-0.4, -0.2) is 81.2 Å². The molecule has 0 aliphatic carbocycles. The number of piperidine rings is 1. The Bertz CT molecular complexity index is 501. The first-order chi connectivity index (χ1) is 11.4. The van der Waals surface area contributed by atoms with E-state index in [1.807, 2.05) is 19.0 Å². The zero-order valence-corrected chi connectivity index (χ0v) is 15.9. The van der Waals surface area contributed by atoms with Gasteiger partial charge in [-0.1, -0.05) is 12.8 Å². The molecule has 2 aliphatic heterocycles. The molecule has 24 heavy (non-hydrogen) atoms. The Labute approximate surface area is 146 Å². The third-order valence-electron chi connectivity index (χ3n) is 4.83. The summed E-state index contributed by atoms with van der Waals surface area (Å²) < 4.78 is 28.9. The maximum Gasteiger partial charge on any atom is 0.281 e. The van der Waals surface area contributed by atoms with Crippen LogP contribution in [0.2, 0.25) is 0 Å². The number of carbonyl (C=O) groups is 1. The molecule has 1 unspecified atom stereocenters. The van der Waals surface area contributed by atoms with Gasteiger partial charge in [-0.15, -0.1) is 0 Å². The van der Waals surface area contributed by atoms with E-state index in [-0.39, 0.29) is 11.8 Å². The van der Waals surface area contributed by atoms with Crippen LogP contribution in [0.5, 0.6) is 0 Å². The van der Waals surface area contributed by atoms with E-state index < -0.39 is 10.2 Å². The highest BCUT2D eigenvalue weighted by atomic mass is 32.2. The van der Waals surface area contributed by atoms with Gasteiger partial charge in [-0.3, -0.25) is 4.79 Å². The molecule has 1 atom stereocenters. The van der Waals surface area contributed by atoms with E-state index in [0.29, 0.717) is 32.7 Å². The van der Waals surface area contributed by atoms with Gasteiger partial charge in [-0.05, 0) is 39.8 Å². The van der Waals surface area contributed by atoms with Crippen molar-refractivity contribution in [3.05, 3.63) is 0 Å². The van der Waals surface area contributed by atoms with Gasteiger partial charge in [-0.25, -0.2) is 0 Å². The molecule has 140 valence electrons. The van der Waals surface area contributed by atoms with Crippen molar-refractivity contribution >= 4 is 16.1 Å². The van der Waals surface area contributed by atoms with Crippen LogP contribution in [0.25, 0.3) is 0 Å². The SMILES string of the molecule is CN(C)CCNC(=O)C1CCCN(S(=O)(=O)N2CCCCCC2)C1. The van der Waals surface area contributed by atoms with Gasteiger partial charge in [0.25, 0.3) is 10.2 Å². The maximum atomic E-state index is 12.9. The Balaban J connectivity index is 1.92. The van der Waals surface area contributed by atoms with E-state index in [2.05, 4.69) is 5.32 Å². The summed E-state index contributed by atoms with van der Waals surface area (Å²) in [6.45, 7) is 3.44. The number of rotatable bonds is 6. The Morgan fingerprint density at radius 2 is 1.67 bits per heavy atom. The molecule has 2 fully saturated rings. The fourth-order valence-electron chi connectivity index (χ4n) is 3.35. The summed E-state index contributed by atoms with van der Waals surface area (Å²) in [5.41, 5.74) is 0. The minimum Gasteiger partial charge on any atom is -0.355 e. The molecule has 0 radical (unpaired) electrons. The number of carbonyl (C=O) groups excluding carboxylic acids is 1. The third-order valence-corrected chi connectivity index (χ3v) is 6.83. The van der Waals surface area contributed by atoms with E-state index >= 15 is 0 Å². The molecule has 2 rings (SSSR count). The van der Waals surface area contributed by atoms with Gasteiger partial charge in [0.05, 0.1) is 5.92 Å². The lowest BCUT2D eigenvalue weighted by atomic mass is 9.99. The molecule has 0 aromatic rings. The highest BCUT2D eigenvalue weighted by Gasteiger charge is 2.35. The number of amides is 1. The molecule has 2 aliphatic rings. The first-order valence-corrected chi connectivity index (χ1v) is 10.5. The predicted octanol–water partition coefficient (Wildman–Crippen LogP) is 0.497. The van der Waals surface area contributed by atoms with Crippen LogP contribution in [0, 0.1) is 5.92 Å². The van der Waals surface area contributed by atoms with Gasteiger partial charge in [0, 0.05) is 39.3 Å². The first kappa shape index (κ1) is 19.6. The summed E-state index contributed by atoms with van der Waals surface area (Å²) >= 11 is 0. The summed E-state index contributed by atoms with van der Waals surface area (Å²) in [6.07, 6.45) is 5.58. The molecule has 2 heterocycles. The molecule has 2 saturated heterocycles. The monoisotopic (exact) mass is 360 g/mol. The average Bonchev–Trinajstić information content (AvgIpc) is 2.84. The van der Waals surface area contributed by atoms with Crippen molar-refractivity contribution in [1.29, 1.82) is 0 Å². The van der Waals surface area contributed by atoms with Gasteiger partial charge in [-0.2, -0.15) is 17.0 Å². The minimum atomic E-state index is -3.43. The van der Waals surface area contributed by atoms with E-state index in [4.69, 9.17) is 0 Å². The van der Waals surface area contributed by atoms with E-state index in [1.165, 1.54) is 4.31 Å². The molecule has 1 amide bonds. The average molecular weight is 361 g/mol. The third kappa shape index (κ3) is 5.40. The predicted molar refractivity (Wildman–Crippen MR) is 94.8 cm³/mol. The fourth-order valence-corrected chi connectivity index (χ4v) is 5.12. The lowest BCUT2D eigenvalue weighted by Gasteiger charge is -2.34. The van der Waals surface area contributed by atoms with Crippen LogP contribution in [-0.2, 0) is 15.0 Å². The number of nitrogens with zero attached hydrogens (tertiary/aromatic N) is 3. The molecule has 0 spiro atoms. The highest BCUT2D eigenvalue weighted by Crippen LogP contribution is 2.23. The van der Waals surface area contributed by atoms with Crippen LogP contribution >= 0.6 is 0 Å². The Hall–Kier alpha value is -0.700. The zero-order valence-electron chi connectivity index (χ0n) is 15.0. The summed E-state index contributed by atoms with van der Waals surface area (Å²) in [4.78, 5) is 14.3. The van der Waals surface area contributed by atoms with Crippen molar-refractivity contribution in [3.63, 3.8) is 0 Å². The number of hydrogen-bond donors (Lipinski definition) is 1. The quantitative estimate of drug-likeness (QED) is 0.749. The van der Waals surface area contributed by atoms with Crippen LogP contribution < -0.4 is 5.32 Å². The second-order valence-corrected chi connectivity index (χ2v) is 9.04. The highest BCUT2D eigenvalue weighted by molar-refractivity contribution is 7.86. The molecule has 0 aromatic carbocycles. The lowest BCUT2D eigenvalue weighted by molar-refractivity contribution is -0.126. The van der Waals surface area contributed by atoms with Crippen LogP contribution in [0.1, 0.15) is 38.5 Å². The van der Waals surface area contributed by atoms with Crippen molar-refractivity contribution in [2.24, 2.45) is 5.92 Å². The van der Waals surface area contributed by atoms with Gasteiger partial charge in [0.1, 0.15) is 0 Å². The second-order valence-electron chi connectivity index (χ2n) is 7.11. The largest absolute Gasteiger partial charge is 0.355 e. The van der Waals surface area contributed by atoms with E-state index in [0.717, 1.165) is 45.1 Å². The number of nitrogens with one attached hydrogen (secondary N) is 1. The Kier molecular flexibility index (Phi) is 7.46. The van der Waals surface area contributed by atoms with Crippen molar-refractivity contribution < 1.29 is 13.2 Å². The molecular formula is C16H32N4O3S. The summed E-state index contributed by atoms with van der Waals surface area (Å²) in [5, 5.41) is 2.93. The lowest BCUT2D eigenvalue weighted by Crippen LogP contribution is -2.51. The van der Waals surface area contributed by atoms with Crippen molar-refractivity contribution in [2.45, 2.75) is 38.5 Å². The Morgan fingerprint density at radius 3 is 2.29 bits per heavy atom. The van der Waals surface area contributed by atoms with Gasteiger partial charge in [0.2, 0.25) is 5.91 Å². The Morgan fingerprint density at radius 1 is 1.04 bits per heavy atom. The second kappa shape index (κ2) is 9.12. The van der Waals surface area contributed by atoms with Crippen LogP contribution in [0.4, 0.5) is 0 Å². The van der Waals surface area contributed by atoms with Crippen LogP contribution in [0.3, 0.4) is 0 Å². The molecule has 0 aromatic heterocycles. The topological polar surface area (TPSA) is 73.0 Å². The zero-order chi connectivity index (χ0) is 17.6.